The Balaban J connectivity index is 2.37. The summed E-state index contributed by atoms with van der Waals surface area (Å²) < 4.78 is 13.3. The van der Waals surface area contributed by atoms with Crippen LogP contribution in [-0.2, 0) is 0 Å². The molecular weight excluding hydrogens is 263 g/mol. The summed E-state index contributed by atoms with van der Waals surface area (Å²) in [6.07, 6.45) is 4.81. The SMILES string of the molecule is CCNC(c1ccc(F)cc1)C(CC)(CC)N1CCCC1. The van der Waals surface area contributed by atoms with Gasteiger partial charge in [0.2, 0.25) is 0 Å². The van der Waals surface area contributed by atoms with Gasteiger partial charge in [-0.2, -0.15) is 0 Å². The summed E-state index contributed by atoms with van der Waals surface area (Å²) in [4.78, 5) is 2.66. The molecule has 21 heavy (non-hydrogen) atoms. The molecule has 1 aromatic rings. The van der Waals surface area contributed by atoms with Crippen LogP contribution in [0.1, 0.15) is 58.1 Å². The summed E-state index contributed by atoms with van der Waals surface area (Å²) in [7, 11) is 0. The summed E-state index contributed by atoms with van der Waals surface area (Å²) in [5.74, 6) is -0.159. The highest BCUT2D eigenvalue weighted by Crippen LogP contribution is 2.39. The molecule has 0 aromatic heterocycles. The monoisotopic (exact) mass is 292 g/mol. The molecule has 1 unspecified atom stereocenters. The number of nitrogens with zero attached hydrogens (tertiary/aromatic N) is 1. The molecular formula is C18H29FN2. The van der Waals surface area contributed by atoms with Gasteiger partial charge in [0.15, 0.2) is 0 Å². The van der Waals surface area contributed by atoms with Crippen LogP contribution >= 0.6 is 0 Å². The third-order valence-corrected chi connectivity index (χ3v) is 5.11. The zero-order chi connectivity index (χ0) is 15.3. The van der Waals surface area contributed by atoms with Gasteiger partial charge in [0, 0.05) is 5.54 Å². The Bertz CT molecular complexity index is 419. The zero-order valence-corrected chi connectivity index (χ0v) is 13.7. The van der Waals surface area contributed by atoms with E-state index in [1.807, 2.05) is 12.1 Å². The Labute approximate surface area is 128 Å². The Morgan fingerprint density at radius 1 is 1.10 bits per heavy atom. The summed E-state index contributed by atoms with van der Waals surface area (Å²) >= 11 is 0. The second-order valence-corrected chi connectivity index (χ2v) is 6.05. The number of nitrogens with one attached hydrogen (secondary N) is 1. The van der Waals surface area contributed by atoms with Crippen LogP contribution in [0.25, 0.3) is 0 Å². The lowest BCUT2D eigenvalue weighted by Gasteiger charge is -2.47. The Morgan fingerprint density at radius 2 is 1.67 bits per heavy atom. The van der Waals surface area contributed by atoms with E-state index in [0.717, 1.165) is 19.4 Å². The summed E-state index contributed by atoms with van der Waals surface area (Å²) in [5.41, 5.74) is 1.33. The first-order chi connectivity index (χ1) is 10.2. The number of likely N-dealkylation sites (tertiary alicyclic amines) is 1. The van der Waals surface area contributed by atoms with Crippen LogP contribution in [0, 0.1) is 5.82 Å². The van der Waals surface area contributed by atoms with Gasteiger partial charge in [0.25, 0.3) is 0 Å². The topological polar surface area (TPSA) is 15.3 Å². The van der Waals surface area contributed by atoms with E-state index in [0.29, 0.717) is 0 Å². The standard InChI is InChI=1S/C18H29FN2/c1-4-18(5-2,21-13-7-8-14-21)17(20-6-3)15-9-11-16(19)12-10-15/h9-12,17,20H,4-8,13-14H2,1-3H3. The number of benzene rings is 1. The summed E-state index contributed by atoms with van der Waals surface area (Å²) in [6.45, 7) is 10.0. The molecule has 0 amide bonds. The molecule has 1 saturated heterocycles. The lowest BCUT2D eigenvalue weighted by molar-refractivity contribution is 0.0622. The van der Waals surface area contributed by atoms with Gasteiger partial charge < -0.3 is 5.32 Å². The van der Waals surface area contributed by atoms with Crippen LogP contribution in [0.2, 0.25) is 0 Å². The molecule has 0 aliphatic carbocycles. The highest BCUT2D eigenvalue weighted by Gasteiger charge is 2.42. The van der Waals surface area contributed by atoms with Gasteiger partial charge in [0.05, 0.1) is 6.04 Å². The summed E-state index contributed by atoms with van der Waals surface area (Å²) in [5, 5.41) is 3.67. The number of hydrogen-bond acceptors (Lipinski definition) is 2. The van der Waals surface area contributed by atoms with E-state index in [4.69, 9.17) is 0 Å². The molecule has 0 spiro atoms. The maximum absolute atomic E-state index is 13.3. The molecule has 1 atom stereocenters. The highest BCUT2D eigenvalue weighted by atomic mass is 19.1. The van der Waals surface area contributed by atoms with E-state index in [1.54, 1.807) is 12.1 Å². The van der Waals surface area contributed by atoms with Crippen molar-refractivity contribution >= 4 is 0 Å². The van der Waals surface area contributed by atoms with Gasteiger partial charge in [-0.3, -0.25) is 4.90 Å². The van der Waals surface area contributed by atoms with E-state index < -0.39 is 0 Å². The summed E-state index contributed by atoms with van der Waals surface area (Å²) in [6, 6.07) is 7.31. The highest BCUT2D eigenvalue weighted by molar-refractivity contribution is 5.24. The van der Waals surface area contributed by atoms with Crippen molar-refractivity contribution in [2.75, 3.05) is 19.6 Å². The minimum absolute atomic E-state index is 0.129. The third kappa shape index (κ3) is 3.29. The fourth-order valence-electron chi connectivity index (χ4n) is 3.93. The van der Waals surface area contributed by atoms with Gasteiger partial charge in [0.1, 0.15) is 5.82 Å². The van der Waals surface area contributed by atoms with Crippen molar-refractivity contribution in [3.05, 3.63) is 35.6 Å². The van der Waals surface area contributed by atoms with Crippen LogP contribution in [-0.4, -0.2) is 30.1 Å². The Hall–Kier alpha value is -0.930. The van der Waals surface area contributed by atoms with Gasteiger partial charge in [-0.15, -0.1) is 0 Å². The van der Waals surface area contributed by atoms with Crippen LogP contribution in [0.3, 0.4) is 0 Å². The molecule has 0 bridgehead atoms. The smallest absolute Gasteiger partial charge is 0.123 e. The van der Waals surface area contributed by atoms with Crippen LogP contribution in [0.4, 0.5) is 4.39 Å². The van der Waals surface area contributed by atoms with Crippen molar-refractivity contribution in [3.63, 3.8) is 0 Å². The van der Waals surface area contributed by atoms with Gasteiger partial charge in [-0.05, 0) is 63.0 Å². The molecule has 2 nitrogen and oxygen atoms in total. The molecule has 1 aliphatic heterocycles. The maximum atomic E-state index is 13.3. The fraction of sp³-hybridized carbons (Fsp3) is 0.667. The minimum atomic E-state index is -0.159. The molecule has 1 fully saturated rings. The number of rotatable bonds is 7. The molecule has 0 saturated carbocycles. The van der Waals surface area contributed by atoms with Crippen molar-refractivity contribution < 1.29 is 4.39 Å². The predicted molar refractivity (Wildman–Crippen MR) is 86.9 cm³/mol. The first-order valence-electron chi connectivity index (χ1n) is 8.41. The largest absolute Gasteiger partial charge is 0.309 e. The van der Waals surface area contributed by atoms with Crippen molar-refractivity contribution in [3.8, 4) is 0 Å². The molecule has 1 aliphatic rings. The predicted octanol–water partition coefficient (Wildman–Crippen LogP) is 4.13. The van der Waals surface area contributed by atoms with Gasteiger partial charge in [-0.25, -0.2) is 4.39 Å². The van der Waals surface area contributed by atoms with Crippen molar-refractivity contribution in [1.82, 2.24) is 10.2 Å². The lowest BCUT2D eigenvalue weighted by atomic mass is 9.79. The van der Waals surface area contributed by atoms with Crippen LogP contribution < -0.4 is 5.32 Å². The van der Waals surface area contributed by atoms with Crippen molar-refractivity contribution in [1.29, 1.82) is 0 Å². The first kappa shape index (κ1) is 16.4. The van der Waals surface area contributed by atoms with E-state index >= 15 is 0 Å². The van der Waals surface area contributed by atoms with Crippen LogP contribution in [0.5, 0.6) is 0 Å². The molecule has 3 heteroatoms. The lowest BCUT2D eigenvalue weighted by Crippen LogP contribution is -2.55. The van der Waals surface area contributed by atoms with E-state index in [1.165, 1.54) is 31.5 Å². The average molecular weight is 292 g/mol. The van der Waals surface area contributed by atoms with Crippen LogP contribution in [0.15, 0.2) is 24.3 Å². The third-order valence-electron chi connectivity index (χ3n) is 5.11. The van der Waals surface area contributed by atoms with E-state index in [2.05, 4.69) is 31.0 Å². The second-order valence-electron chi connectivity index (χ2n) is 6.05. The maximum Gasteiger partial charge on any atom is 0.123 e. The van der Waals surface area contributed by atoms with E-state index in [-0.39, 0.29) is 17.4 Å². The van der Waals surface area contributed by atoms with Crippen molar-refractivity contribution in [2.24, 2.45) is 0 Å². The first-order valence-corrected chi connectivity index (χ1v) is 8.41. The van der Waals surface area contributed by atoms with Gasteiger partial charge in [-0.1, -0.05) is 32.9 Å². The number of likely N-dealkylation sites (N-methyl/N-ethyl adjacent to an activating group) is 1. The molecule has 2 rings (SSSR count). The van der Waals surface area contributed by atoms with E-state index in [9.17, 15) is 4.39 Å². The molecule has 1 heterocycles. The fourth-order valence-corrected chi connectivity index (χ4v) is 3.93. The zero-order valence-electron chi connectivity index (χ0n) is 13.7. The molecule has 1 N–H and O–H groups in total. The van der Waals surface area contributed by atoms with Crippen molar-refractivity contribution in [2.45, 2.75) is 58.0 Å². The molecule has 118 valence electrons. The molecule has 0 radical (unpaired) electrons. The Morgan fingerprint density at radius 3 is 2.14 bits per heavy atom. The normalized spacial score (nSPS) is 18.1. The second kappa shape index (κ2) is 7.37. The quantitative estimate of drug-likeness (QED) is 0.813. The minimum Gasteiger partial charge on any atom is -0.309 e. The van der Waals surface area contributed by atoms with Gasteiger partial charge >= 0.3 is 0 Å². The Kier molecular flexibility index (Phi) is 5.77. The number of hydrogen-bond donors (Lipinski definition) is 1. The number of halogens is 1. The molecule has 1 aromatic carbocycles. The average Bonchev–Trinajstić information content (AvgIpc) is 3.04.